The fourth-order valence-electron chi connectivity index (χ4n) is 1.54. The summed E-state index contributed by atoms with van der Waals surface area (Å²) in [5.74, 6) is 0.928. The lowest BCUT2D eigenvalue weighted by Crippen LogP contribution is -2.36. The van der Waals surface area contributed by atoms with Gasteiger partial charge >= 0.3 is 0 Å². The molecular weight excluding hydrogens is 298 g/mol. The molecule has 0 aliphatic heterocycles. The fraction of sp³-hybridized carbons (Fsp3) is 0.462. The molecule has 1 rings (SSSR count). The number of halogens is 1. The zero-order valence-corrected chi connectivity index (χ0v) is 12.7. The Morgan fingerprint density at radius 3 is 2.22 bits per heavy atom. The quantitative estimate of drug-likeness (QED) is 0.784. The Kier molecular flexibility index (Phi) is 5.47. The molecule has 0 fully saturated rings. The van der Waals surface area contributed by atoms with Crippen LogP contribution in [0.3, 0.4) is 0 Å². The number of methoxy groups -OCH3 is 2. The van der Waals surface area contributed by atoms with E-state index in [9.17, 15) is 4.79 Å². The van der Waals surface area contributed by atoms with Gasteiger partial charge in [-0.05, 0) is 19.1 Å². The van der Waals surface area contributed by atoms with Gasteiger partial charge < -0.3 is 14.4 Å². The molecule has 1 amide bonds. The Morgan fingerprint density at radius 2 is 1.83 bits per heavy atom. The second-order valence-electron chi connectivity index (χ2n) is 3.96. The molecule has 1 atom stereocenters. The van der Waals surface area contributed by atoms with E-state index in [1.807, 2.05) is 6.92 Å². The van der Waals surface area contributed by atoms with Crippen molar-refractivity contribution in [3.8, 4) is 11.5 Å². The van der Waals surface area contributed by atoms with Crippen LogP contribution in [0.5, 0.6) is 11.5 Å². The molecule has 0 N–H and O–H groups in total. The van der Waals surface area contributed by atoms with E-state index in [-0.39, 0.29) is 11.9 Å². The number of alkyl halides is 1. The number of amides is 1. The number of nitrogens with zero attached hydrogens (tertiary/aromatic N) is 1. The average molecular weight is 316 g/mol. The standard InChI is InChI=1S/C13H18BrNO3/c1-9(8-14)15(2)13(16)12-10(17-3)6-5-7-11(12)18-4/h5-7,9H,8H2,1-4H3. The average Bonchev–Trinajstić information content (AvgIpc) is 2.43. The third kappa shape index (κ3) is 2.96. The molecule has 0 saturated carbocycles. The van der Waals surface area contributed by atoms with E-state index in [1.165, 1.54) is 0 Å². The minimum absolute atomic E-state index is 0.0899. The number of ether oxygens (including phenoxy) is 2. The molecule has 1 unspecified atom stereocenters. The maximum Gasteiger partial charge on any atom is 0.261 e. The summed E-state index contributed by atoms with van der Waals surface area (Å²) >= 11 is 3.37. The summed E-state index contributed by atoms with van der Waals surface area (Å²) in [6, 6.07) is 5.39. The lowest BCUT2D eigenvalue weighted by molar-refractivity contribution is 0.0751. The Morgan fingerprint density at radius 1 is 1.33 bits per heavy atom. The van der Waals surface area contributed by atoms with Crippen molar-refractivity contribution in [2.24, 2.45) is 0 Å². The monoisotopic (exact) mass is 315 g/mol. The van der Waals surface area contributed by atoms with Crippen LogP contribution in [0.4, 0.5) is 0 Å². The molecule has 0 aromatic heterocycles. The summed E-state index contributed by atoms with van der Waals surface area (Å²) in [5.41, 5.74) is 0.456. The van der Waals surface area contributed by atoms with Crippen molar-refractivity contribution in [2.75, 3.05) is 26.6 Å². The van der Waals surface area contributed by atoms with Crippen molar-refractivity contribution in [1.29, 1.82) is 0 Å². The van der Waals surface area contributed by atoms with Crippen LogP contribution in [-0.2, 0) is 0 Å². The van der Waals surface area contributed by atoms with Crippen LogP contribution in [0.2, 0.25) is 0 Å². The van der Waals surface area contributed by atoms with Crippen molar-refractivity contribution in [3.05, 3.63) is 23.8 Å². The van der Waals surface area contributed by atoms with Gasteiger partial charge in [-0.15, -0.1) is 0 Å². The summed E-state index contributed by atoms with van der Waals surface area (Å²) in [6.45, 7) is 1.97. The summed E-state index contributed by atoms with van der Waals surface area (Å²) < 4.78 is 10.5. The van der Waals surface area contributed by atoms with Crippen LogP contribution >= 0.6 is 15.9 Å². The van der Waals surface area contributed by atoms with Gasteiger partial charge in [-0.3, -0.25) is 4.79 Å². The Bertz CT molecular complexity index is 400. The molecule has 1 aromatic rings. The van der Waals surface area contributed by atoms with Crippen LogP contribution < -0.4 is 9.47 Å². The predicted molar refractivity (Wildman–Crippen MR) is 74.9 cm³/mol. The molecule has 0 heterocycles. The van der Waals surface area contributed by atoms with Gasteiger partial charge in [0.1, 0.15) is 17.1 Å². The van der Waals surface area contributed by atoms with E-state index in [0.29, 0.717) is 22.4 Å². The molecule has 0 radical (unpaired) electrons. The normalized spacial score (nSPS) is 11.8. The van der Waals surface area contributed by atoms with Crippen molar-refractivity contribution < 1.29 is 14.3 Å². The molecule has 0 bridgehead atoms. The van der Waals surface area contributed by atoms with Gasteiger partial charge in [0.05, 0.1) is 14.2 Å². The number of hydrogen-bond acceptors (Lipinski definition) is 3. The van der Waals surface area contributed by atoms with Crippen molar-refractivity contribution in [3.63, 3.8) is 0 Å². The van der Waals surface area contributed by atoms with Gasteiger partial charge in [0, 0.05) is 18.4 Å². The highest BCUT2D eigenvalue weighted by molar-refractivity contribution is 9.09. The molecule has 0 spiro atoms. The minimum atomic E-state index is -0.115. The first-order valence-corrected chi connectivity index (χ1v) is 6.73. The van der Waals surface area contributed by atoms with E-state index in [0.717, 1.165) is 0 Å². The molecule has 5 heteroatoms. The highest BCUT2D eigenvalue weighted by Gasteiger charge is 2.23. The minimum Gasteiger partial charge on any atom is -0.496 e. The molecule has 0 aliphatic rings. The van der Waals surface area contributed by atoms with Crippen LogP contribution in [0, 0.1) is 0 Å². The van der Waals surface area contributed by atoms with Gasteiger partial charge in [-0.25, -0.2) is 0 Å². The maximum atomic E-state index is 12.4. The van der Waals surface area contributed by atoms with Gasteiger partial charge in [0.25, 0.3) is 5.91 Å². The molecule has 4 nitrogen and oxygen atoms in total. The van der Waals surface area contributed by atoms with Crippen LogP contribution in [0.15, 0.2) is 18.2 Å². The summed E-state index contributed by atoms with van der Waals surface area (Å²) in [4.78, 5) is 14.1. The van der Waals surface area contributed by atoms with E-state index in [2.05, 4.69) is 15.9 Å². The number of rotatable bonds is 5. The van der Waals surface area contributed by atoms with E-state index < -0.39 is 0 Å². The van der Waals surface area contributed by atoms with Gasteiger partial charge in [0.2, 0.25) is 0 Å². The van der Waals surface area contributed by atoms with Crippen molar-refractivity contribution in [2.45, 2.75) is 13.0 Å². The first-order chi connectivity index (χ1) is 8.56. The smallest absolute Gasteiger partial charge is 0.261 e. The molecular formula is C13H18BrNO3. The number of carbonyl (C=O) groups is 1. The van der Waals surface area contributed by atoms with E-state index in [4.69, 9.17) is 9.47 Å². The predicted octanol–water partition coefficient (Wildman–Crippen LogP) is 2.56. The molecule has 1 aromatic carbocycles. The third-order valence-electron chi connectivity index (χ3n) is 2.85. The van der Waals surface area contributed by atoms with Crippen molar-refractivity contribution in [1.82, 2.24) is 4.90 Å². The first-order valence-electron chi connectivity index (χ1n) is 5.60. The molecule has 100 valence electrons. The van der Waals surface area contributed by atoms with Gasteiger partial charge in [-0.2, -0.15) is 0 Å². The highest BCUT2D eigenvalue weighted by atomic mass is 79.9. The highest BCUT2D eigenvalue weighted by Crippen LogP contribution is 2.29. The number of hydrogen-bond donors (Lipinski definition) is 0. The van der Waals surface area contributed by atoms with E-state index in [1.54, 1.807) is 44.4 Å². The number of benzene rings is 1. The lowest BCUT2D eigenvalue weighted by atomic mass is 10.1. The third-order valence-corrected chi connectivity index (χ3v) is 3.78. The van der Waals surface area contributed by atoms with Gasteiger partial charge in [0.15, 0.2) is 0 Å². The lowest BCUT2D eigenvalue weighted by Gasteiger charge is -2.24. The first kappa shape index (κ1) is 14.8. The zero-order chi connectivity index (χ0) is 13.7. The maximum absolute atomic E-state index is 12.4. The Labute approximate surface area is 116 Å². The van der Waals surface area contributed by atoms with E-state index >= 15 is 0 Å². The number of carbonyl (C=O) groups excluding carboxylic acids is 1. The summed E-state index contributed by atoms with van der Waals surface area (Å²) in [6.07, 6.45) is 0. The largest absolute Gasteiger partial charge is 0.496 e. The fourth-order valence-corrected chi connectivity index (χ4v) is 1.98. The zero-order valence-electron chi connectivity index (χ0n) is 11.1. The Balaban J connectivity index is 3.18. The second-order valence-corrected chi connectivity index (χ2v) is 4.60. The summed E-state index contributed by atoms with van der Waals surface area (Å²) in [7, 11) is 4.85. The SMILES string of the molecule is COc1cccc(OC)c1C(=O)N(C)C(C)CBr. The molecule has 18 heavy (non-hydrogen) atoms. The Hall–Kier alpha value is -1.23. The van der Waals surface area contributed by atoms with Crippen molar-refractivity contribution >= 4 is 21.8 Å². The molecule has 0 aliphatic carbocycles. The molecule has 0 saturated heterocycles. The summed E-state index contributed by atoms with van der Waals surface area (Å²) in [5, 5.41) is 0.715. The topological polar surface area (TPSA) is 38.8 Å². The van der Waals surface area contributed by atoms with Crippen LogP contribution in [0.25, 0.3) is 0 Å². The van der Waals surface area contributed by atoms with Crippen LogP contribution in [-0.4, -0.2) is 43.4 Å². The van der Waals surface area contributed by atoms with Gasteiger partial charge in [-0.1, -0.05) is 22.0 Å². The second kappa shape index (κ2) is 6.64. The van der Waals surface area contributed by atoms with Crippen LogP contribution in [0.1, 0.15) is 17.3 Å².